The van der Waals surface area contributed by atoms with Crippen LogP contribution in [0.2, 0.25) is 0 Å². The molecule has 1 unspecified atom stereocenters. The SMILES string of the molecule is Cn1c(=O)[nH]c2cc(C(=O)N3CCCC(NC(=O)c4ccc5ccccc5c4)C3)ccc21. The number of likely N-dealkylation sites (tertiary alicyclic amines) is 1. The lowest BCUT2D eigenvalue weighted by Crippen LogP contribution is -2.49. The van der Waals surface area contributed by atoms with Gasteiger partial charge in [0, 0.05) is 37.3 Å². The number of nitrogens with zero attached hydrogens (tertiary/aromatic N) is 2. The second-order valence-electron chi connectivity index (χ2n) is 8.35. The third kappa shape index (κ3) is 3.66. The summed E-state index contributed by atoms with van der Waals surface area (Å²) in [6.07, 6.45) is 1.65. The van der Waals surface area contributed by atoms with Crippen LogP contribution in [-0.4, -0.2) is 45.4 Å². The fourth-order valence-corrected chi connectivity index (χ4v) is 4.43. The van der Waals surface area contributed by atoms with Crippen LogP contribution >= 0.6 is 0 Å². The highest BCUT2D eigenvalue weighted by atomic mass is 16.2. The average Bonchev–Trinajstić information content (AvgIpc) is 3.11. The number of carbonyl (C=O) groups excluding carboxylic acids is 2. The van der Waals surface area contributed by atoms with E-state index in [4.69, 9.17) is 0 Å². The lowest BCUT2D eigenvalue weighted by Gasteiger charge is -2.33. The maximum atomic E-state index is 13.1. The number of amides is 2. The van der Waals surface area contributed by atoms with Gasteiger partial charge in [0.2, 0.25) is 0 Å². The molecule has 0 spiro atoms. The molecule has 5 rings (SSSR count). The zero-order valence-corrected chi connectivity index (χ0v) is 17.8. The quantitative estimate of drug-likeness (QED) is 0.526. The van der Waals surface area contributed by atoms with E-state index in [0.29, 0.717) is 29.7 Å². The molecule has 1 aliphatic rings. The summed E-state index contributed by atoms with van der Waals surface area (Å²) < 4.78 is 1.52. The van der Waals surface area contributed by atoms with E-state index in [1.54, 1.807) is 30.1 Å². The first-order valence-electron chi connectivity index (χ1n) is 10.8. The summed E-state index contributed by atoms with van der Waals surface area (Å²) in [7, 11) is 1.69. The Labute approximate surface area is 184 Å². The predicted octanol–water partition coefficient (Wildman–Crippen LogP) is 3.05. The third-order valence-electron chi connectivity index (χ3n) is 6.21. The molecule has 1 fully saturated rings. The monoisotopic (exact) mass is 428 g/mol. The van der Waals surface area contributed by atoms with Gasteiger partial charge in [-0.15, -0.1) is 0 Å². The number of rotatable bonds is 3. The van der Waals surface area contributed by atoms with Crippen molar-refractivity contribution >= 4 is 33.6 Å². The molecule has 1 aromatic heterocycles. The minimum absolute atomic E-state index is 0.0961. The molecule has 32 heavy (non-hydrogen) atoms. The molecule has 0 aliphatic carbocycles. The molecule has 2 heterocycles. The lowest BCUT2D eigenvalue weighted by molar-refractivity contribution is 0.0676. The maximum Gasteiger partial charge on any atom is 0.326 e. The first kappa shape index (κ1) is 20.1. The number of nitrogens with one attached hydrogen (secondary N) is 2. The second kappa shape index (κ2) is 8.00. The largest absolute Gasteiger partial charge is 0.348 e. The average molecular weight is 428 g/mol. The van der Waals surface area contributed by atoms with Gasteiger partial charge in [0.05, 0.1) is 11.0 Å². The van der Waals surface area contributed by atoms with Crippen LogP contribution in [0.15, 0.2) is 65.5 Å². The zero-order valence-electron chi connectivity index (χ0n) is 17.8. The highest BCUT2D eigenvalue weighted by molar-refractivity contribution is 5.99. The predicted molar refractivity (Wildman–Crippen MR) is 124 cm³/mol. The van der Waals surface area contributed by atoms with Crippen LogP contribution in [0.4, 0.5) is 0 Å². The smallest absolute Gasteiger partial charge is 0.326 e. The number of fused-ring (bicyclic) bond motifs is 2. The number of H-pyrrole nitrogens is 1. The molecule has 4 aromatic rings. The van der Waals surface area contributed by atoms with E-state index in [9.17, 15) is 14.4 Å². The number of aromatic nitrogens is 2. The number of carbonyl (C=O) groups is 2. The number of aryl methyl sites for hydroxylation is 1. The van der Waals surface area contributed by atoms with Crippen molar-refractivity contribution < 1.29 is 9.59 Å². The van der Waals surface area contributed by atoms with Crippen molar-refractivity contribution in [1.82, 2.24) is 19.8 Å². The Hall–Kier alpha value is -3.87. The van der Waals surface area contributed by atoms with Gasteiger partial charge in [0.1, 0.15) is 0 Å². The van der Waals surface area contributed by atoms with E-state index in [2.05, 4.69) is 10.3 Å². The van der Waals surface area contributed by atoms with Gasteiger partial charge in [0.15, 0.2) is 0 Å². The molecule has 1 aliphatic heterocycles. The molecule has 2 amide bonds. The fraction of sp³-hybridized carbons (Fsp3) is 0.240. The summed E-state index contributed by atoms with van der Waals surface area (Å²) in [5.41, 5.74) is 2.33. The van der Waals surface area contributed by atoms with E-state index < -0.39 is 0 Å². The van der Waals surface area contributed by atoms with Gasteiger partial charge in [-0.1, -0.05) is 30.3 Å². The van der Waals surface area contributed by atoms with Crippen molar-refractivity contribution in [2.24, 2.45) is 7.05 Å². The number of hydrogen-bond donors (Lipinski definition) is 2. The molecule has 1 saturated heterocycles. The van der Waals surface area contributed by atoms with Gasteiger partial charge >= 0.3 is 5.69 Å². The lowest BCUT2D eigenvalue weighted by atomic mass is 10.0. The Morgan fingerprint density at radius 1 is 1.00 bits per heavy atom. The van der Waals surface area contributed by atoms with Crippen molar-refractivity contribution in [1.29, 1.82) is 0 Å². The van der Waals surface area contributed by atoms with Crippen LogP contribution in [0.5, 0.6) is 0 Å². The standard InChI is InChI=1S/C25H24N4O3/c1-28-22-11-10-19(14-21(22)27-25(28)32)24(31)29-12-4-7-20(15-29)26-23(30)18-9-8-16-5-2-3-6-17(16)13-18/h2-3,5-6,8-11,13-14,20H,4,7,12,15H2,1H3,(H,26,30)(H,27,32). The Balaban J connectivity index is 1.29. The van der Waals surface area contributed by atoms with E-state index in [1.165, 1.54) is 4.57 Å². The molecule has 0 saturated carbocycles. The highest BCUT2D eigenvalue weighted by Gasteiger charge is 2.26. The molecular formula is C25H24N4O3. The van der Waals surface area contributed by atoms with Gasteiger partial charge in [-0.25, -0.2) is 4.79 Å². The van der Waals surface area contributed by atoms with Crippen molar-refractivity contribution in [2.45, 2.75) is 18.9 Å². The van der Waals surface area contributed by atoms with E-state index in [-0.39, 0.29) is 23.5 Å². The van der Waals surface area contributed by atoms with E-state index in [0.717, 1.165) is 29.1 Å². The molecule has 7 heteroatoms. The van der Waals surface area contributed by atoms with Crippen molar-refractivity contribution in [3.8, 4) is 0 Å². The first-order chi connectivity index (χ1) is 15.5. The van der Waals surface area contributed by atoms with Crippen molar-refractivity contribution in [3.63, 3.8) is 0 Å². The summed E-state index contributed by atoms with van der Waals surface area (Å²) in [4.78, 5) is 42.3. The van der Waals surface area contributed by atoms with Crippen LogP contribution in [0.1, 0.15) is 33.6 Å². The summed E-state index contributed by atoms with van der Waals surface area (Å²) in [5.74, 6) is -0.223. The topological polar surface area (TPSA) is 87.2 Å². The highest BCUT2D eigenvalue weighted by Crippen LogP contribution is 2.19. The number of aromatic amines is 1. The van der Waals surface area contributed by atoms with Gasteiger partial charge in [-0.2, -0.15) is 0 Å². The molecule has 2 N–H and O–H groups in total. The van der Waals surface area contributed by atoms with Gasteiger partial charge < -0.3 is 15.2 Å². The minimum Gasteiger partial charge on any atom is -0.348 e. The molecule has 0 radical (unpaired) electrons. The molecular weight excluding hydrogens is 404 g/mol. The molecule has 1 atom stereocenters. The van der Waals surface area contributed by atoms with Crippen molar-refractivity contribution in [2.75, 3.05) is 13.1 Å². The molecule has 3 aromatic carbocycles. The van der Waals surface area contributed by atoms with Crippen LogP contribution < -0.4 is 11.0 Å². The fourth-order valence-electron chi connectivity index (χ4n) is 4.43. The summed E-state index contributed by atoms with van der Waals surface area (Å²) >= 11 is 0. The van der Waals surface area contributed by atoms with Crippen LogP contribution in [0.25, 0.3) is 21.8 Å². The summed E-state index contributed by atoms with van der Waals surface area (Å²) in [6.45, 7) is 1.10. The van der Waals surface area contributed by atoms with Gasteiger partial charge in [-0.05, 0) is 53.9 Å². The Bertz CT molecular complexity index is 1400. The first-order valence-corrected chi connectivity index (χ1v) is 10.8. The Morgan fingerprint density at radius 3 is 2.62 bits per heavy atom. The summed E-state index contributed by atoms with van der Waals surface area (Å²) in [5, 5.41) is 5.21. The second-order valence-corrected chi connectivity index (χ2v) is 8.35. The molecule has 162 valence electrons. The summed E-state index contributed by atoms with van der Waals surface area (Å²) in [6, 6.07) is 18.8. The number of imidazole rings is 1. The van der Waals surface area contributed by atoms with Crippen molar-refractivity contribution in [3.05, 3.63) is 82.3 Å². The Morgan fingerprint density at radius 2 is 1.78 bits per heavy atom. The zero-order chi connectivity index (χ0) is 22.2. The number of piperidine rings is 1. The van der Waals surface area contributed by atoms with E-state index >= 15 is 0 Å². The Kier molecular flexibility index (Phi) is 5.01. The van der Waals surface area contributed by atoms with Crippen LogP contribution in [0.3, 0.4) is 0 Å². The molecule has 7 nitrogen and oxygen atoms in total. The maximum absolute atomic E-state index is 13.1. The molecule has 0 bridgehead atoms. The number of hydrogen-bond acceptors (Lipinski definition) is 3. The van der Waals surface area contributed by atoms with Crippen LogP contribution in [0, 0.1) is 0 Å². The van der Waals surface area contributed by atoms with E-state index in [1.807, 2.05) is 42.5 Å². The minimum atomic E-state index is -0.209. The van der Waals surface area contributed by atoms with Crippen LogP contribution in [-0.2, 0) is 7.05 Å². The normalized spacial score (nSPS) is 16.4. The van der Waals surface area contributed by atoms with Gasteiger partial charge in [0.25, 0.3) is 11.8 Å². The number of benzene rings is 3. The van der Waals surface area contributed by atoms with Gasteiger partial charge in [-0.3, -0.25) is 14.2 Å². The third-order valence-corrected chi connectivity index (χ3v) is 6.21.